The lowest BCUT2D eigenvalue weighted by atomic mass is 10.2. The number of carbonyl (C=O) groups is 1. The van der Waals surface area contributed by atoms with Gasteiger partial charge in [0.25, 0.3) is 0 Å². The molecule has 0 unspecified atom stereocenters. The van der Waals surface area contributed by atoms with Crippen LogP contribution in [-0.2, 0) is 0 Å². The van der Waals surface area contributed by atoms with Gasteiger partial charge in [-0.05, 0) is 30.3 Å². The number of aromatic nitrogens is 2. The molecule has 5 nitrogen and oxygen atoms in total. The molecule has 0 fully saturated rings. The van der Waals surface area contributed by atoms with E-state index >= 15 is 0 Å². The highest BCUT2D eigenvalue weighted by molar-refractivity contribution is 6.02. The molecule has 5 heteroatoms. The van der Waals surface area contributed by atoms with E-state index in [0.29, 0.717) is 5.76 Å². The van der Waals surface area contributed by atoms with Crippen LogP contribution in [0.25, 0.3) is 10.9 Å². The minimum absolute atomic E-state index is 0.0851. The van der Waals surface area contributed by atoms with E-state index in [1.807, 2.05) is 18.2 Å². The van der Waals surface area contributed by atoms with Crippen molar-refractivity contribution in [1.82, 2.24) is 10.2 Å². The molecular formula is C14H11N3O2. The Morgan fingerprint density at radius 2 is 2.37 bits per heavy atom. The maximum absolute atomic E-state index is 11.7. The lowest BCUT2D eigenvalue weighted by molar-refractivity contribution is 0.0975. The van der Waals surface area contributed by atoms with E-state index in [9.17, 15) is 4.79 Å². The largest absolute Gasteiger partial charge is 0.461 e. The van der Waals surface area contributed by atoms with Crippen LogP contribution in [0.2, 0.25) is 0 Å². The first-order valence-corrected chi connectivity index (χ1v) is 5.85. The highest BCUT2D eigenvalue weighted by Crippen LogP contribution is 2.18. The first kappa shape index (κ1) is 11.4. The molecule has 94 valence electrons. The average Bonchev–Trinajstić information content (AvgIpc) is 3.09. The monoisotopic (exact) mass is 253 g/mol. The number of rotatable bonds is 4. The van der Waals surface area contributed by atoms with Crippen molar-refractivity contribution < 1.29 is 9.21 Å². The molecule has 1 N–H and O–H groups in total. The maximum atomic E-state index is 11.7. The summed E-state index contributed by atoms with van der Waals surface area (Å²) in [5.41, 5.74) is 1.76. The number of fused-ring (bicyclic) bond motifs is 1. The molecule has 0 bridgehead atoms. The standard InChI is InChI=1S/C14H11N3O2/c18-13(14-2-1-7-19-14)5-6-15-11-3-4-12-10(8-11)9-16-17-12/h1-4,6-9H,5H2,(H,16,17). The number of Topliss-reactive ketones (excluding diaryl/α,β-unsaturated/α-hetero) is 1. The van der Waals surface area contributed by atoms with Crippen LogP contribution in [0.4, 0.5) is 5.69 Å². The van der Waals surface area contributed by atoms with Gasteiger partial charge in [0.1, 0.15) is 0 Å². The van der Waals surface area contributed by atoms with Crippen LogP contribution >= 0.6 is 0 Å². The molecule has 3 rings (SSSR count). The quantitative estimate of drug-likeness (QED) is 0.573. The number of benzene rings is 1. The number of furan rings is 1. The fraction of sp³-hybridized carbons (Fsp3) is 0.0714. The van der Waals surface area contributed by atoms with Crippen LogP contribution in [0, 0.1) is 0 Å². The molecule has 2 aromatic heterocycles. The Hall–Kier alpha value is -2.69. The smallest absolute Gasteiger partial charge is 0.203 e. The number of aromatic amines is 1. The van der Waals surface area contributed by atoms with Crippen LogP contribution in [0.3, 0.4) is 0 Å². The number of nitrogens with one attached hydrogen (secondary N) is 1. The van der Waals surface area contributed by atoms with Crippen molar-refractivity contribution in [3.8, 4) is 0 Å². The van der Waals surface area contributed by atoms with Crippen LogP contribution in [0.5, 0.6) is 0 Å². The molecule has 1 aromatic carbocycles. The van der Waals surface area contributed by atoms with Crippen molar-refractivity contribution in [1.29, 1.82) is 0 Å². The van der Waals surface area contributed by atoms with Gasteiger partial charge in [0.15, 0.2) is 5.76 Å². The van der Waals surface area contributed by atoms with E-state index < -0.39 is 0 Å². The fourth-order valence-corrected chi connectivity index (χ4v) is 1.78. The number of hydrogen-bond donors (Lipinski definition) is 1. The Balaban J connectivity index is 1.70. The molecule has 19 heavy (non-hydrogen) atoms. The van der Waals surface area contributed by atoms with Gasteiger partial charge < -0.3 is 4.42 Å². The van der Waals surface area contributed by atoms with Crippen LogP contribution in [0.15, 0.2) is 52.2 Å². The van der Waals surface area contributed by atoms with Crippen molar-refractivity contribution >= 4 is 28.6 Å². The average molecular weight is 253 g/mol. The molecule has 0 aliphatic rings. The first-order chi connectivity index (χ1) is 9.33. The Morgan fingerprint density at radius 1 is 1.42 bits per heavy atom. The Labute approximate surface area is 109 Å². The third-order valence-corrected chi connectivity index (χ3v) is 2.74. The summed E-state index contributed by atoms with van der Waals surface area (Å²) in [7, 11) is 0. The van der Waals surface area contributed by atoms with Gasteiger partial charge in [-0.15, -0.1) is 0 Å². The fourth-order valence-electron chi connectivity index (χ4n) is 1.78. The zero-order valence-electron chi connectivity index (χ0n) is 10.0. The highest BCUT2D eigenvalue weighted by atomic mass is 16.3. The van der Waals surface area contributed by atoms with E-state index in [0.717, 1.165) is 16.6 Å². The molecule has 2 heterocycles. The van der Waals surface area contributed by atoms with Gasteiger partial charge in [-0.1, -0.05) is 0 Å². The molecule has 0 aliphatic carbocycles. The van der Waals surface area contributed by atoms with Gasteiger partial charge in [-0.2, -0.15) is 5.10 Å². The molecule has 0 amide bonds. The summed E-state index contributed by atoms with van der Waals surface area (Å²) in [6.07, 6.45) is 5.03. The number of H-pyrrole nitrogens is 1. The third kappa shape index (κ3) is 2.44. The minimum Gasteiger partial charge on any atom is -0.461 e. The molecule has 0 radical (unpaired) electrons. The van der Waals surface area contributed by atoms with Crippen molar-refractivity contribution in [3.05, 3.63) is 48.6 Å². The first-order valence-electron chi connectivity index (χ1n) is 5.85. The van der Waals surface area contributed by atoms with Crippen molar-refractivity contribution in [3.63, 3.8) is 0 Å². The number of nitrogens with zero attached hydrogens (tertiary/aromatic N) is 2. The lowest BCUT2D eigenvalue weighted by Crippen LogP contribution is -1.96. The summed E-state index contributed by atoms with van der Waals surface area (Å²) in [4.78, 5) is 15.9. The molecule has 0 spiro atoms. The Morgan fingerprint density at radius 3 is 3.21 bits per heavy atom. The summed E-state index contributed by atoms with van der Waals surface area (Å²) in [5, 5.41) is 7.81. The van der Waals surface area contributed by atoms with Gasteiger partial charge in [-0.3, -0.25) is 14.9 Å². The van der Waals surface area contributed by atoms with Gasteiger partial charge >= 0.3 is 0 Å². The number of hydrogen-bond acceptors (Lipinski definition) is 4. The van der Waals surface area contributed by atoms with Gasteiger partial charge in [0.05, 0.1) is 23.7 Å². The van der Waals surface area contributed by atoms with Crippen LogP contribution in [-0.4, -0.2) is 22.2 Å². The summed E-state index contributed by atoms with van der Waals surface area (Å²) in [6.45, 7) is 0. The second kappa shape index (κ2) is 4.89. The molecule has 0 aliphatic heterocycles. The molecular weight excluding hydrogens is 242 g/mol. The molecule has 0 saturated heterocycles. The predicted octanol–water partition coefficient (Wildman–Crippen LogP) is 3.13. The maximum Gasteiger partial charge on any atom is 0.203 e. The van der Waals surface area contributed by atoms with E-state index in [1.165, 1.54) is 6.26 Å². The van der Waals surface area contributed by atoms with E-state index in [4.69, 9.17) is 4.42 Å². The van der Waals surface area contributed by atoms with E-state index in [-0.39, 0.29) is 12.2 Å². The summed E-state index contributed by atoms with van der Waals surface area (Å²) < 4.78 is 5.02. The molecule has 0 saturated carbocycles. The third-order valence-electron chi connectivity index (χ3n) is 2.74. The zero-order valence-corrected chi connectivity index (χ0v) is 10.0. The summed E-state index contributed by atoms with van der Waals surface area (Å²) in [6, 6.07) is 9.02. The van der Waals surface area contributed by atoms with E-state index in [2.05, 4.69) is 15.2 Å². The van der Waals surface area contributed by atoms with Crippen LogP contribution in [0.1, 0.15) is 17.0 Å². The van der Waals surface area contributed by atoms with Crippen LogP contribution < -0.4 is 0 Å². The zero-order chi connectivity index (χ0) is 13.1. The summed E-state index contributed by atoms with van der Waals surface area (Å²) >= 11 is 0. The summed E-state index contributed by atoms with van der Waals surface area (Å²) in [5.74, 6) is 0.273. The predicted molar refractivity (Wildman–Crippen MR) is 71.9 cm³/mol. The number of aliphatic imine (C=N–C) groups is 1. The van der Waals surface area contributed by atoms with Crippen molar-refractivity contribution in [2.45, 2.75) is 6.42 Å². The van der Waals surface area contributed by atoms with Crippen molar-refractivity contribution in [2.75, 3.05) is 0 Å². The Bertz CT molecular complexity index is 726. The molecule has 3 aromatic rings. The SMILES string of the molecule is O=C(CC=Nc1ccc2[nH]ncc2c1)c1ccco1. The topological polar surface area (TPSA) is 71.2 Å². The second-order valence-electron chi connectivity index (χ2n) is 4.06. The normalized spacial score (nSPS) is 11.4. The number of carbonyl (C=O) groups excluding carboxylic acids is 1. The van der Waals surface area contributed by atoms with E-state index in [1.54, 1.807) is 24.5 Å². The lowest BCUT2D eigenvalue weighted by Gasteiger charge is -1.94. The highest BCUT2D eigenvalue weighted by Gasteiger charge is 2.06. The number of ketones is 1. The van der Waals surface area contributed by atoms with Gasteiger partial charge in [0, 0.05) is 18.0 Å². The van der Waals surface area contributed by atoms with Crippen molar-refractivity contribution in [2.24, 2.45) is 4.99 Å². The van der Waals surface area contributed by atoms with Gasteiger partial charge in [0.2, 0.25) is 5.78 Å². The Kier molecular flexibility index (Phi) is 2.94. The van der Waals surface area contributed by atoms with Gasteiger partial charge in [-0.25, -0.2) is 0 Å². The second-order valence-corrected chi connectivity index (χ2v) is 4.06. The minimum atomic E-state index is -0.0851. The molecule has 0 atom stereocenters.